The van der Waals surface area contributed by atoms with E-state index in [1.54, 1.807) is 0 Å². The highest BCUT2D eigenvalue weighted by Gasteiger charge is 1.77. The van der Waals surface area contributed by atoms with Crippen molar-refractivity contribution in [2.75, 3.05) is 6.54 Å². The predicted molar refractivity (Wildman–Crippen MR) is 50.0 cm³/mol. The fraction of sp³-hybridized carbons (Fsp3) is 0.400. The smallest absolute Gasteiger partial charge is 0.00136 e. The van der Waals surface area contributed by atoms with Crippen molar-refractivity contribution >= 4 is 0 Å². The van der Waals surface area contributed by atoms with Crippen LogP contribution >= 0.6 is 0 Å². The standard InChI is InChI=1S/C10H15N/c1-3-10(2)8-6-4-5-7-9-11/h1,4,6,8H,5,7,9,11H2,2H3/b6-4-,10-8-. The highest BCUT2D eigenvalue weighted by Crippen LogP contribution is 1.92. The summed E-state index contributed by atoms with van der Waals surface area (Å²) in [6, 6.07) is 0. The lowest BCUT2D eigenvalue weighted by atomic mass is 10.2. The van der Waals surface area contributed by atoms with Crippen LogP contribution in [0.25, 0.3) is 0 Å². The minimum atomic E-state index is 0.752. The number of hydrogen-bond donors (Lipinski definition) is 1. The molecule has 0 aliphatic rings. The first kappa shape index (κ1) is 10.0. The molecule has 11 heavy (non-hydrogen) atoms. The first-order chi connectivity index (χ1) is 5.31. The van der Waals surface area contributed by atoms with Gasteiger partial charge in [-0.05, 0) is 31.9 Å². The molecule has 0 fully saturated rings. The third kappa shape index (κ3) is 6.89. The fourth-order valence-electron chi connectivity index (χ4n) is 0.592. The van der Waals surface area contributed by atoms with Gasteiger partial charge >= 0.3 is 0 Å². The van der Waals surface area contributed by atoms with Gasteiger partial charge in [0, 0.05) is 0 Å². The van der Waals surface area contributed by atoms with Crippen molar-refractivity contribution in [3.05, 3.63) is 23.8 Å². The molecule has 0 aromatic carbocycles. The van der Waals surface area contributed by atoms with Gasteiger partial charge in [0.1, 0.15) is 0 Å². The Bertz CT molecular complexity index is 182. The maximum absolute atomic E-state index is 5.32. The third-order valence-electron chi connectivity index (χ3n) is 1.28. The van der Waals surface area contributed by atoms with E-state index >= 15 is 0 Å². The first-order valence-corrected chi connectivity index (χ1v) is 3.81. The average molecular weight is 149 g/mol. The van der Waals surface area contributed by atoms with E-state index in [0.29, 0.717) is 0 Å². The molecule has 1 heteroatoms. The van der Waals surface area contributed by atoms with Crippen molar-refractivity contribution < 1.29 is 0 Å². The largest absolute Gasteiger partial charge is 0.330 e. The number of terminal acetylenes is 1. The summed E-state index contributed by atoms with van der Waals surface area (Å²) in [7, 11) is 0. The van der Waals surface area contributed by atoms with E-state index in [9.17, 15) is 0 Å². The fourth-order valence-corrected chi connectivity index (χ4v) is 0.592. The third-order valence-corrected chi connectivity index (χ3v) is 1.28. The summed E-state index contributed by atoms with van der Waals surface area (Å²) < 4.78 is 0. The Morgan fingerprint density at radius 1 is 1.64 bits per heavy atom. The van der Waals surface area contributed by atoms with Gasteiger partial charge in [0.15, 0.2) is 0 Å². The van der Waals surface area contributed by atoms with Crippen LogP contribution in [0.5, 0.6) is 0 Å². The van der Waals surface area contributed by atoms with E-state index < -0.39 is 0 Å². The van der Waals surface area contributed by atoms with E-state index in [2.05, 4.69) is 12.0 Å². The molecule has 0 unspecified atom stereocenters. The van der Waals surface area contributed by atoms with Crippen molar-refractivity contribution in [1.29, 1.82) is 0 Å². The molecule has 0 aliphatic carbocycles. The summed E-state index contributed by atoms with van der Waals surface area (Å²) in [6.45, 7) is 2.66. The summed E-state index contributed by atoms with van der Waals surface area (Å²) in [4.78, 5) is 0. The molecule has 0 rings (SSSR count). The zero-order chi connectivity index (χ0) is 8.53. The molecule has 0 heterocycles. The molecule has 0 spiro atoms. The maximum atomic E-state index is 5.32. The minimum absolute atomic E-state index is 0.752. The van der Waals surface area contributed by atoms with Gasteiger partial charge in [-0.3, -0.25) is 0 Å². The van der Waals surface area contributed by atoms with Gasteiger partial charge in [-0.1, -0.05) is 24.1 Å². The number of allylic oxidation sites excluding steroid dienone is 4. The van der Waals surface area contributed by atoms with E-state index in [1.807, 2.05) is 19.1 Å². The lowest BCUT2D eigenvalue weighted by Gasteiger charge is -1.86. The molecule has 0 saturated heterocycles. The molecule has 0 atom stereocenters. The monoisotopic (exact) mass is 149 g/mol. The molecule has 0 saturated carbocycles. The summed E-state index contributed by atoms with van der Waals surface area (Å²) in [5.74, 6) is 2.54. The van der Waals surface area contributed by atoms with E-state index in [-0.39, 0.29) is 0 Å². The van der Waals surface area contributed by atoms with Gasteiger partial charge in [-0.2, -0.15) is 0 Å². The van der Waals surface area contributed by atoms with Crippen LogP contribution in [-0.4, -0.2) is 6.54 Å². The molecule has 60 valence electrons. The van der Waals surface area contributed by atoms with Crippen LogP contribution in [0.1, 0.15) is 19.8 Å². The Morgan fingerprint density at radius 3 is 2.91 bits per heavy atom. The Morgan fingerprint density at radius 2 is 2.36 bits per heavy atom. The molecule has 0 amide bonds. The van der Waals surface area contributed by atoms with Crippen LogP contribution in [0.2, 0.25) is 0 Å². The average Bonchev–Trinajstić information content (AvgIpc) is 2.04. The Hall–Kier alpha value is -1.00. The zero-order valence-corrected chi connectivity index (χ0v) is 7.01. The van der Waals surface area contributed by atoms with Crippen molar-refractivity contribution in [2.24, 2.45) is 5.73 Å². The molecule has 0 aromatic rings. The lowest BCUT2D eigenvalue weighted by molar-refractivity contribution is 0.855. The quantitative estimate of drug-likeness (QED) is 0.368. The number of hydrogen-bond acceptors (Lipinski definition) is 1. The molecular formula is C10H15N. The predicted octanol–water partition coefficient (Wildman–Crippen LogP) is 1.86. The van der Waals surface area contributed by atoms with Gasteiger partial charge < -0.3 is 5.73 Å². The van der Waals surface area contributed by atoms with E-state index in [4.69, 9.17) is 12.2 Å². The van der Waals surface area contributed by atoms with Crippen molar-refractivity contribution in [3.8, 4) is 12.3 Å². The summed E-state index contributed by atoms with van der Waals surface area (Å²) in [5, 5.41) is 0. The summed E-state index contributed by atoms with van der Waals surface area (Å²) >= 11 is 0. The van der Waals surface area contributed by atoms with Gasteiger partial charge in [-0.25, -0.2) is 0 Å². The number of nitrogens with two attached hydrogens (primary N) is 1. The van der Waals surface area contributed by atoms with E-state index in [1.165, 1.54) is 0 Å². The van der Waals surface area contributed by atoms with Crippen molar-refractivity contribution in [1.82, 2.24) is 0 Å². The molecule has 1 nitrogen and oxygen atoms in total. The second kappa shape index (κ2) is 7.11. The van der Waals surface area contributed by atoms with Crippen molar-refractivity contribution in [3.63, 3.8) is 0 Å². The van der Waals surface area contributed by atoms with Crippen LogP contribution < -0.4 is 5.73 Å². The molecule has 0 radical (unpaired) electrons. The number of rotatable bonds is 4. The second-order valence-corrected chi connectivity index (χ2v) is 2.35. The zero-order valence-electron chi connectivity index (χ0n) is 7.01. The summed E-state index contributed by atoms with van der Waals surface area (Å²) in [6.07, 6.45) is 13.2. The van der Waals surface area contributed by atoms with Gasteiger partial charge in [0.05, 0.1) is 0 Å². The second-order valence-electron chi connectivity index (χ2n) is 2.35. The molecule has 0 bridgehead atoms. The van der Waals surface area contributed by atoms with Crippen molar-refractivity contribution in [2.45, 2.75) is 19.8 Å². The Balaban J connectivity index is 3.53. The highest BCUT2D eigenvalue weighted by atomic mass is 14.5. The Labute approximate surface area is 69.0 Å². The van der Waals surface area contributed by atoms with Crippen LogP contribution in [0.4, 0.5) is 0 Å². The Kier molecular flexibility index (Phi) is 6.46. The summed E-state index contributed by atoms with van der Waals surface area (Å²) in [5.41, 5.74) is 6.27. The molecule has 0 aliphatic heterocycles. The van der Waals surface area contributed by atoms with Gasteiger partial charge in [-0.15, -0.1) is 6.42 Å². The van der Waals surface area contributed by atoms with Crippen LogP contribution in [-0.2, 0) is 0 Å². The van der Waals surface area contributed by atoms with Gasteiger partial charge in [0.25, 0.3) is 0 Å². The molecule has 0 aromatic heterocycles. The van der Waals surface area contributed by atoms with Crippen LogP contribution in [0, 0.1) is 12.3 Å². The first-order valence-electron chi connectivity index (χ1n) is 3.81. The van der Waals surface area contributed by atoms with Gasteiger partial charge in [0.2, 0.25) is 0 Å². The normalized spacial score (nSPS) is 11.9. The maximum Gasteiger partial charge on any atom is -0.00136 e. The van der Waals surface area contributed by atoms with Crippen LogP contribution in [0.3, 0.4) is 0 Å². The minimum Gasteiger partial charge on any atom is -0.330 e. The van der Waals surface area contributed by atoms with E-state index in [0.717, 1.165) is 25.0 Å². The lowest BCUT2D eigenvalue weighted by Crippen LogP contribution is -1.96. The van der Waals surface area contributed by atoms with Crippen LogP contribution in [0.15, 0.2) is 23.8 Å². The number of unbranched alkanes of at least 4 members (excludes halogenated alkanes) is 1. The topological polar surface area (TPSA) is 26.0 Å². The SMILES string of the molecule is C#C/C(C)=C\C=C/CCCN. The molecular weight excluding hydrogens is 134 g/mol. The highest BCUT2D eigenvalue weighted by molar-refractivity contribution is 5.26. The molecule has 2 N–H and O–H groups in total.